The molecule has 0 saturated carbocycles. The van der Waals surface area contributed by atoms with Gasteiger partial charge in [-0.25, -0.2) is 4.39 Å². The number of nitrogens with one attached hydrogen (secondary N) is 1. The average Bonchev–Trinajstić information content (AvgIpc) is 2.43. The molecule has 4 nitrogen and oxygen atoms in total. The maximum absolute atomic E-state index is 13.3. The van der Waals surface area contributed by atoms with Crippen molar-refractivity contribution in [1.29, 1.82) is 0 Å². The van der Waals surface area contributed by atoms with Crippen molar-refractivity contribution < 1.29 is 13.9 Å². The van der Waals surface area contributed by atoms with E-state index in [0.29, 0.717) is 15.8 Å². The Kier molecular flexibility index (Phi) is 4.47. The number of hydrogen-bond donors (Lipinski definition) is 2. The molecule has 0 aromatic heterocycles. The van der Waals surface area contributed by atoms with Crippen LogP contribution in [0.5, 0.6) is 5.75 Å². The number of methoxy groups -OCH3 is 1. The highest BCUT2D eigenvalue weighted by atomic mass is 79.9. The van der Waals surface area contributed by atoms with E-state index < -0.39 is 11.7 Å². The number of nitrogen functional groups attached to an aromatic ring is 1. The molecule has 0 atom stereocenters. The van der Waals surface area contributed by atoms with E-state index in [1.807, 2.05) is 13.0 Å². The van der Waals surface area contributed by atoms with Crippen LogP contribution in [0.3, 0.4) is 0 Å². The van der Waals surface area contributed by atoms with E-state index >= 15 is 0 Å². The van der Waals surface area contributed by atoms with Crippen molar-refractivity contribution in [2.24, 2.45) is 0 Å². The number of benzene rings is 2. The van der Waals surface area contributed by atoms with Crippen LogP contribution in [-0.2, 0) is 0 Å². The normalized spacial score (nSPS) is 10.3. The SMILES string of the molecule is COc1cc(C(=O)Nc2c(N)cc(C)cc2Br)ccc1F. The Morgan fingerprint density at radius 3 is 2.67 bits per heavy atom. The number of nitrogens with two attached hydrogens (primary N) is 1. The zero-order chi connectivity index (χ0) is 15.6. The van der Waals surface area contributed by atoms with E-state index in [9.17, 15) is 9.18 Å². The molecule has 0 spiro atoms. The van der Waals surface area contributed by atoms with Gasteiger partial charge in [-0.15, -0.1) is 0 Å². The molecule has 2 aromatic carbocycles. The summed E-state index contributed by atoms with van der Waals surface area (Å²) in [5.41, 5.74) is 8.08. The summed E-state index contributed by atoms with van der Waals surface area (Å²) in [6, 6.07) is 7.50. The Morgan fingerprint density at radius 2 is 2.05 bits per heavy atom. The van der Waals surface area contributed by atoms with Gasteiger partial charge in [-0.3, -0.25) is 4.79 Å². The lowest BCUT2D eigenvalue weighted by atomic mass is 10.1. The number of aryl methyl sites for hydroxylation is 1. The molecule has 2 aromatic rings. The van der Waals surface area contributed by atoms with E-state index in [1.165, 1.54) is 25.3 Å². The third-order valence-corrected chi connectivity index (χ3v) is 3.54. The van der Waals surface area contributed by atoms with E-state index in [2.05, 4.69) is 21.2 Å². The van der Waals surface area contributed by atoms with Crippen LogP contribution >= 0.6 is 15.9 Å². The van der Waals surface area contributed by atoms with Crippen molar-refractivity contribution in [3.05, 3.63) is 51.7 Å². The summed E-state index contributed by atoms with van der Waals surface area (Å²) < 4.78 is 18.9. The van der Waals surface area contributed by atoms with Crippen molar-refractivity contribution in [1.82, 2.24) is 0 Å². The van der Waals surface area contributed by atoms with Gasteiger partial charge in [0.25, 0.3) is 5.91 Å². The molecule has 3 N–H and O–H groups in total. The van der Waals surface area contributed by atoms with E-state index in [4.69, 9.17) is 10.5 Å². The highest BCUT2D eigenvalue weighted by Crippen LogP contribution is 2.31. The fourth-order valence-corrected chi connectivity index (χ4v) is 2.58. The molecule has 2 rings (SSSR count). The molecule has 0 heterocycles. The lowest BCUT2D eigenvalue weighted by Crippen LogP contribution is -2.14. The Hall–Kier alpha value is -2.08. The summed E-state index contributed by atoms with van der Waals surface area (Å²) in [6.45, 7) is 1.90. The third-order valence-electron chi connectivity index (χ3n) is 2.92. The second-order valence-corrected chi connectivity index (χ2v) is 5.37. The number of halogens is 2. The smallest absolute Gasteiger partial charge is 0.255 e. The van der Waals surface area contributed by atoms with Crippen LogP contribution in [0, 0.1) is 12.7 Å². The van der Waals surface area contributed by atoms with Gasteiger partial charge in [0, 0.05) is 10.0 Å². The van der Waals surface area contributed by atoms with Gasteiger partial charge >= 0.3 is 0 Å². The molecule has 0 unspecified atom stereocenters. The van der Waals surface area contributed by atoms with Crippen LogP contribution in [-0.4, -0.2) is 13.0 Å². The van der Waals surface area contributed by atoms with Crippen LogP contribution < -0.4 is 15.8 Å². The van der Waals surface area contributed by atoms with Crippen LogP contribution in [0.25, 0.3) is 0 Å². The van der Waals surface area contributed by atoms with E-state index in [0.717, 1.165) is 5.56 Å². The third kappa shape index (κ3) is 3.33. The summed E-state index contributed by atoms with van der Waals surface area (Å²) in [5, 5.41) is 2.70. The van der Waals surface area contributed by atoms with Gasteiger partial charge in [0.2, 0.25) is 0 Å². The van der Waals surface area contributed by atoms with Gasteiger partial charge in [-0.05, 0) is 58.7 Å². The van der Waals surface area contributed by atoms with Crippen LogP contribution in [0.2, 0.25) is 0 Å². The largest absolute Gasteiger partial charge is 0.494 e. The molecule has 0 aliphatic heterocycles. The summed E-state index contributed by atoms with van der Waals surface area (Å²) in [6.07, 6.45) is 0. The van der Waals surface area contributed by atoms with Crippen molar-refractivity contribution in [3.63, 3.8) is 0 Å². The van der Waals surface area contributed by atoms with Gasteiger partial charge in [0.1, 0.15) is 0 Å². The Balaban J connectivity index is 2.30. The first kappa shape index (κ1) is 15.3. The summed E-state index contributed by atoms with van der Waals surface area (Å²) in [4.78, 5) is 12.2. The maximum Gasteiger partial charge on any atom is 0.255 e. The van der Waals surface area contributed by atoms with E-state index in [1.54, 1.807) is 6.07 Å². The van der Waals surface area contributed by atoms with Crippen molar-refractivity contribution >= 4 is 33.2 Å². The molecule has 110 valence electrons. The fraction of sp³-hybridized carbons (Fsp3) is 0.133. The first-order valence-electron chi connectivity index (χ1n) is 6.13. The van der Waals surface area contributed by atoms with Gasteiger partial charge in [0.15, 0.2) is 11.6 Å². The molecular weight excluding hydrogens is 339 g/mol. The highest BCUT2D eigenvalue weighted by molar-refractivity contribution is 9.10. The van der Waals surface area contributed by atoms with Crippen molar-refractivity contribution in [2.75, 3.05) is 18.2 Å². The molecule has 0 radical (unpaired) electrons. The first-order chi connectivity index (χ1) is 9.92. The molecule has 6 heteroatoms. The molecule has 1 amide bonds. The molecule has 0 saturated heterocycles. The predicted octanol–water partition coefficient (Wildman–Crippen LogP) is 3.74. The topological polar surface area (TPSA) is 64.3 Å². The zero-order valence-electron chi connectivity index (χ0n) is 11.5. The zero-order valence-corrected chi connectivity index (χ0v) is 13.1. The Morgan fingerprint density at radius 1 is 1.33 bits per heavy atom. The summed E-state index contributed by atoms with van der Waals surface area (Å²) in [7, 11) is 1.34. The van der Waals surface area contributed by atoms with Crippen LogP contribution in [0.4, 0.5) is 15.8 Å². The predicted molar refractivity (Wildman–Crippen MR) is 84.2 cm³/mol. The lowest BCUT2D eigenvalue weighted by molar-refractivity contribution is 0.102. The number of carbonyl (C=O) groups is 1. The number of amides is 1. The monoisotopic (exact) mass is 352 g/mol. The lowest BCUT2D eigenvalue weighted by Gasteiger charge is -2.12. The Bertz CT molecular complexity index is 681. The first-order valence-corrected chi connectivity index (χ1v) is 6.92. The fourth-order valence-electron chi connectivity index (χ4n) is 1.89. The van der Waals surface area contributed by atoms with Crippen molar-refractivity contribution in [3.8, 4) is 5.75 Å². The summed E-state index contributed by atoms with van der Waals surface area (Å²) >= 11 is 3.36. The minimum atomic E-state index is -0.523. The standard InChI is InChI=1S/C15H14BrFN2O2/c1-8-5-10(16)14(12(18)6-8)19-15(20)9-3-4-11(17)13(7-9)21-2/h3-7H,18H2,1-2H3,(H,19,20). The molecule has 0 aliphatic rings. The van der Waals surface area contributed by atoms with Gasteiger partial charge in [-0.1, -0.05) is 0 Å². The minimum absolute atomic E-state index is 0.0126. The summed E-state index contributed by atoms with van der Waals surface area (Å²) in [5.74, 6) is -0.909. The minimum Gasteiger partial charge on any atom is -0.494 e. The molecule has 21 heavy (non-hydrogen) atoms. The second-order valence-electron chi connectivity index (χ2n) is 4.51. The van der Waals surface area contributed by atoms with Gasteiger partial charge in [0.05, 0.1) is 18.5 Å². The number of hydrogen-bond acceptors (Lipinski definition) is 3. The number of carbonyl (C=O) groups excluding carboxylic acids is 1. The average molecular weight is 353 g/mol. The molecule has 0 fully saturated rings. The number of ether oxygens (including phenoxy) is 1. The number of anilines is 2. The highest BCUT2D eigenvalue weighted by Gasteiger charge is 2.13. The van der Waals surface area contributed by atoms with Crippen molar-refractivity contribution in [2.45, 2.75) is 6.92 Å². The molecule has 0 aliphatic carbocycles. The molecule has 0 bridgehead atoms. The Labute approximate surface area is 130 Å². The molecular formula is C15H14BrFN2O2. The quantitative estimate of drug-likeness (QED) is 0.827. The second kappa shape index (κ2) is 6.13. The van der Waals surface area contributed by atoms with Gasteiger partial charge < -0.3 is 15.8 Å². The number of rotatable bonds is 3. The van der Waals surface area contributed by atoms with Crippen LogP contribution in [0.1, 0.15) is 15.9 Å². The maximum atomic E-state index is 13.3. The van der Waals surface area contributed by atoms with E-state index in [-0.39, 0.29) is 11.3 Å². The van der Waals surface area contributed by atoms with Gasteiger partial charge in [-0.2, -0.15) is 0 Å². The van der Waals surface area contributed by atoms with Crippen LogP contribution in [0.15, 0.2) is 34.8 Å².